The topological polar surface area (TPSA) is 36.3 Å². The largest absolute Gasteiger partial charge is 0.494 e. The average Bonchev–Trinajstić information content (AvgIpc) is 2.74. The summed E-state index contributed by atoms with van der Waals surface area (Å²) in [5, 5.41) is 8.81. The number of hydrogen-bond donors (Lipinski definition) is 0. The summed E-state index contributed by atoms with van der Waals surface area (Å²) in [5.74, 6) is 0.792. The van der Waals surface area contributed by atoms with Crippen molar-refractivity contribution < 1.29 is 4.74 Å². The molecule has 0 aromatic heterocycles. The summed E-state index contributed by atoms with van der Waals surface area (Å²) >= 11 is 0. The summed E-state index contributed by atoms with van der Waals surface area (Å²) in [6.07, 6.45) is 2.32. The van der Waals surface area contributed by atoms with Gasteiger partial charge in [0.1, 0.15) is 5.75 Å². The first kappa shape index (κ1) is 13.9. The van der Waals surface area contributed by atoms with Crippen LogP contribution in [0.5, 0.6) is 5.75 Å². The lowest BCUT2D eigenvalue weighted by atomic mass is 9.93. The van der Waals surface area contributed by atoms with Gasteiger partial charge in [-0.3, -0.25) is 0 Å². The first-order valence-electron chi connectivity index (χ1n) is 6.94. The molecule has 0 spiro atoms. The number of rotatable bonds is 5. The van der Waals surface area contributed by atoms with Crippen LogP contribution in [0.1, 0.15) is 32.3 Å². The highest BCUT2D eigenvalue weighted by molar-refractivity contribution is 5.36. The Kier molecular flexibility index (Phi) is 4.44. The number of ether oxygens (including phenoxy) is 1. The van der Waals surface area contributed by atoms with Crippen LogP contribution >= 0.6 is 0 Å². The molecule has 1 aliphatic heterocycles. The molecular formula is C16H22N2O. The molecule has 0 saturated carbocycles. The van der Waals surface area contributed by atoms with Gasteiger partial charge < -0.3 is 9.64 Å². The fraction of sp³-hybridized carbons (Fsp3) is 0.562. The molecule has 0 atom stereocenters. The Morgan fingerprint density at radius 2 is 2.26 bits per heavy atom. The third kappa shape index (κ3) is 4.25. The average molecular weight is 258 g/mol. The molecule has 1 saturated heterocycles. The Hall–Kier alpha value is -1.53. The van der Waals surface area contributed by atoms with Crippen molar-refractivity contribution in [3.63, 3.8) is 0 Å². The van der Waals surface area contributed by atoms with Crippen molar-refractivity contribution in [1.82, 2.24) is 4.90 Å². The molecule has 0 amide bonds. The lowest BCUT2D eigenvalue weighted by Crippen LogP contribution is -2.25. The standard InChI is InChI=1S/C16H22N2O/c1-16(2)7-9-18(13-16)8-4-10-19-15-6-3-5-14(11-15)12-17/h3,5-6,11H,4,7-10,13H2,1-2H3. The first-order chi connectivity index (χ1) is 9.09. The molecule has 102 valence electrons. The molecule has 1 aromatic carbocycles. The Balaban J connectivity index is 1.68. The number of likely N-dealkylation sites (tertiary alicyclic amines) is 1. The molecular weight excluding hydrogens is 236 g/mol. The van der Waals surface area contributed by atoms with Crippen LogP contribution in [-0.4, -0.2) is 31.1 Å². The van der Waals surface area contributed by atoms with Gasteiger partial charge in [-0.05, 0) is 43.0 Å². The molecule has 1 aromatic rings. The second-order valence-corrected chi connectivity index (χ2v) is 6.03. The Morgan fingerprint density at radius 3 is 2.95 bits per heavy atom. The van der Waals surface area contributed by atoms with Crippen molar-refractivity contribution >= 4 is 0 Å². The van der Waals surface area contributed by atoms with Crippen molar-refractivity contribution in [2.45, 2.75) is 26.7 Å². The van der Waals surface area contributed by atoms with Crippen LogP contribution in [-0.2, 0) is 0 Å². The van der Waals surface area contributed by atoms with Gasteiger partial charge in [0.15, 0.2) is 0 Å². The molecule has 0 N–H and O–H groups in total. The minimum absolute atomic E-state index is 0.474. The molecule has 0 radical (unpaired) electrons. The lowest BCUT2D eigenvalue weighted by molar-refractivity contribution is 0.247. The van der Waals surface area contributed by atoms with E-state index in [1.165, 1.54) is 19.5 Å². The summed E-state index contributed by atoms with van der Waals surface area (Å²) < 4.78 is 5.68. The van der Waals surface area contributed by atoms with Gasteiger partial charge in [-0.2, -0.15) is 5.26 Å². The fourth-order valence-corrected chi connectivity index (χ4v) is 2.55. The van der Waals surface area contributed by atoms with E-state index in [-0.39, 0.29) is 0 Å². The van der Waals surface area contributed by atoms with Crippen LogP contribution < -0.4 is 4.74 Å². The number of benzene rings is 1. The monoisotopic (exact) mass is 258 g/mol. The number of nitrogens with zero attached hydrogens (tertiary/aromatic N) is 2. The smallest absolute Gasteiger partial charge is 0.120 e. The van der Waals surface area contributed by atoms with Crippen LogP contribution in [0.2, 0.25) is 0 Å². The van der Waals surface area contributed by atoms with Crippen molar-refractivity contribution in [3.8, 4) is 11.8 Å². The van der Waals surface area contributed by atoms with E-state index in [2.05, 4.69) is 24.8 Å². The van der Waals surface area contributed by atoms with Gasteiger partial charge in [-0.1, -0.05) is 19.9 Å². The fourth-order valence-electron chi connectivity index (χ4n) is 2.55. The summed E-state index contributed by atoms with van der Waals surface area (Å²) in [6.45, 7) is 8.87. The van der Waals surface area contributed by atoms with E-state index < -0.39 is 0 Å². The molecule has 3 heteroatoms. The van der Waals surface area contributed by atoms with E-state index in [0.29, 0.717) is 17.6 Å². The van der Waals surface area contributed by atoms with Crippen LogP contribution in [0, 0.1) is 16.7 Å². The summed E-state index contributed by atoms with van der Waals surface area (Å²) in [6, 6.07) is 9.47. The van der Waals surface area contributed by atoms with Crippen molar-refractivity contribution in [2.75, 3.05) is 26.2 Å². The van der Waals surface area contributed by atoms with Gasteiger partial charge in [0.05, 0.1) is 18.2 Å². The maximum absolute atomic E-state index is 8.81. The van der Waals surface area contributed by atoms with Gasteiger partial charge in [0, 0.05) is 13.1 Å². The van der Waals surface area contributed by atoms with E-state index in [9.17, 15) is 0 Å². The highest BCUT2D eigenvalue weighted by Crippen LogP contribution is 2.28. The van der Waals surface area contributed by atoms with Gasteiger partial charge in [0.2, 0.25) is 0 Å². The second kappa shape index (κ2) is 6.08. The quantitative estimate of drug-likeness (QED) is 0.762. The molecule has 0 bridgehead atoms. The minimum atomic E-state index is 0.474. The zero-order valence-electron chi connectivity index (χ0n) is 11.9. The van der Waals surface area contributed by atoms with Gasteiger partial charge in [-0.25, -0.2) is 0 Å². The molecule has 1 heterocycles. The maximum atomic E-state index is 8.81. The zero-order chi connectivity index (χ0) is 13.7. The zero-order valence-corrected chi connectivity index (χ0v) is 11.9. The summed E-state index contributed by atoms with van der Waals surface area (Å²) in [7, 11) is 0. The van der Waals surface area contributed by atoms with Crippen LogP contribution in [0.15, 0.2) is 24.3 Å². The molecule has 3 nitrogen and oxygen atoms in total. The maximum Gasteiger partial charge on any atom is 0.120 e. The van der Waals surface area contributed by atoms with E-state index in [1.807, 2.05) is 12.1 Å². The molecule has 19 heavy (non-hydrogen) atoms. The van der Waals surface area contributed by atoms with E-state index in [1.54, 1.807) is 12.1 Å². The van der Waals surface area contributed by atoms with E-state index in [0.717, 1.165) is 18.7 Å². The lowest BCUT2D eigenvalue weighted by Gasteiger charge is -2.19. The third-order valence-electron chi connectivity index (χ3n) is 3.61. The van der Waals surface area contributed by atoms with Crippen molar-refractivity contribution in [2.24, 2.45) is 5.41 Å². The second-order valence-electron chi connectivity index (χ2n) is 6.03. The minimum Gasteiger partial charge on any atom is -0.494 e. The molecule has 0 aliphatic carbocycles. The van der Waals surface area contributed by atoms with Crippen LogP contribution in [0.25, 0.3) is 0 Å². The molecule has 1 fully saturated rings. The number of nitriles is 1. The SMILES string of the molecule is CC1(C)CCN(CCCOc2cccc(C#N)c2)C1. The summed E-state index contributed by atoms with van der Waals surface area (Å²) in [5.41, 5.74) is 1.13. The predicted molar refractivity (Wildman–Crippen MR) is 76.1 cm³/mol. The molecule has 2 rings (SSSR count). The van der Waals surface area contributed by atoms with E-state index in [4.69, 9.17) is 10.00 Å². The van der Waals surface area contributed by atoms with Gasteiger partial charge in [0.25, 0.3) is 0 Å². The predicted octanol–water partition coefficient (Wildman–Crippen LogP) is 3.06. The van der Waals surface area contributed by atoms with E-state index >= 15 is 0 Å². The van der Waals surface area contributed by atoms with Gasteiger partial charge >= 0.3 is 0 Å². The number of hydrogen-bond acceptors (Lipinski definition) is 3. The Morgan fingerprint density at radius 1 is 1.42 bits per heavy atom. The first-order valence-corrected chi connectivity index (χ1v) is 6.94. The summed E-state index contributed by atoms with van der Waals surface area (Å²) in [4.78, 5) is 2.51. The highest BCUT2D eigenvalue weighted by atomic mass is 16.5. The Labute approximate surface area is 115 Å². The molecule has 1 aliphatic rings. The van der Waals surface area contributed by atoms with Gasteiger partial charge in [-0.15, -0.1) is 0 Å². The normalized spacial score (nSPS) is 18.2. The van der Waals surface area contributed by atoms with Crippen LogP contribution in [0.4, 0.5) is 0 Å². The van der Waals surface area contributed by atoms with Crippen LogP contribution in [0.3, 0.4) is 0 Å². The van der Waals surface area contributed by atoms with Crippen molar-refractivity contribution in [3.05, 3.63) is 29.8 Å². The third-order valence-corrected chi connectivity index (χ3v) is 3.61. The van der Waals surface area contributed by atoms with Crippen molar-refractivity contribution in [1.29, 1.82) is 5.26 Å². The highest BCUT2D eigenvalue weighted by Gasteiger charge is 2.28. The Bertz CT molecular complexity index is 462. The molecule has 0 unspecified atom stereocenters.